The van der Waals surface area contributed by atoms with Crippen LogP contribution in [0.2, 0.25) is 0 Å². The molecule has 1 aliphatic heterocycles. The first-order valence-electron chi connectivity index (χ1n) is 10.7. The van der Waals surface area contributed by atoms with E-state index in [1.807, 2.05) is 6.07 Å². The molecule has 0 radical (unpaired) electrons. The van der Waals surface area contributed by atoms with Gasteiger partial charge in [0, 0.05) is 54.9 Å². The predicted molar refractivity (Wildman–Crippen MR) is 122 cm³/mol. The minimum atomic E-state index is -2.48. The van der Waals surface area contributed by atoms with Gasteiger partial charge in [0.25, 0.3) is 0 Å². The third-order valence-electron chi connectivity index (χ3n) is 5.71. The number of aromatic nitrogens is 1. The van der Waals surface area contributed by atoms with Gasteiger partial charge in [0.15, 0.2) is 17.4 Å². The number of hydrogen-bond donors (Lipinski definition) is 2. The number of aryl methyl sites for hydroxylation is 1. The zero-order valence-electron chi connectivity index (χ0n) is 18.1. The van der Waals surface area contributed by atoms with E-state index in [1.165, 1.54) is 12.1 Å². The van der Waals surface area contributed by atoms with Gasteiger partial charge in [-0.15, -0.1) is 0 Å². The number of pyridine rings is 1. The summed E-state index contributed by atoms with van der Waals surface area (Å²) >= 11 is -2.48. The number of halogens is 3. The van der Waals surface area contributed by atoms with Gasteiger partial charge in [-0.25, -0.2) is 17.9 Å². The van der Waals surface area contributed by atoms with Gasteiger partial charge >= 0.3 is 0 Å². The Morgan fingerprint density at radius 2 is 1.91 bits per heavy atom. The molecule has 7 nitrogen and oxygen atoms in total. The van der Waals surface area contributed by atoms with Crippen molar-refractivity contribution < 1.29 is 26.7 Å². The van der Waals surface area contributed by atoms with E-state index < -0.39 is 40.1 Å². The zero-order valence-corrected chi connectivity index (χ0v) is 18.9. The lowest BCUT2D eigenvalue weighted by atomic mass is 9.96. The van der Waals surface area contributed by atoms with Crippen LogP contribution in [0.15, 0.2) is 36.5 Å². The van der Waals surface area contributed by atoms with E-state index in [9.17, 15) is 22.3 Å². The number of benzene rings is 2. The first kappa shape index (κ1) is 24.3. The van der Waals surface area contributed by atoms with Gasteiger partial charge in [-0.05, 0) is 48.7 Å². The highest BCUT2D eigenvalue weighted by Gasteiger charge is 2.25. The fourth-order valence-electron chi connectivity index (χ4n) is 3.97. The summed E-state index contributed by atoms with van der Waals surface area (Å²) in [5.41, 5.74) is 0.311. The van der Waals surface area contributed by atoms with E-state index in [2.05, 4.69) is 19.9 Å². The van der Waals surface area contributed by atoms with Crippen molar-refractivity contribution in [1.82, 2.24) is 15.0 Å². The highest BCUT2D eigenvalue weighted by molar-refractivity contribution is 7.77. The number of fused-ring (bicyclic) bond motifs is 1. The van der Waals surface area contributed by atoms with Crippen molar-refractivity contribution in [2.24, 2.45) is 0 Å². The van der Waals surface area contributed by atoms with Gasteiger partial charge in [-0.2, -0.15) is 0 Å². The lowest BCUT2D eigenvalue weighted by Gasteiger charge is -2.29. The second-order valence-electron chi connectivity index (χ2n) is 7.92. The summed E-state index contributed by atoms with van der Waals surface area (Å²) in [4.78, 5) is 19.6. The van der Waals surface area contributed by atoms with Gasteiger partial charge < -0.3 is 14.8 Å². The summed E-state index contributed by atoms with van der Waals surface area (Å²) in [7, 11) is 0. The van der Waals surface area contributed by atoms with E-state index in [0.717, 1.165) is 31.9 Å². The molecule has 1 aliphatic rings. The Labute approximate surface area is 196 Å². The summed E-state index contributed by atoms with van der Waals surface area (Å²) in [5.74, 6) is -5.04. The molecular formula is C23H22F3N4O3S-. The topological polar surface area (TPSA) is 97.4 Å². The maximum Gasteiger partial charge on any atom is 0.199 e. The lowest BCUT2D eigenvalue weighted by molar-refractivity contribution is 0.102. The molecule has 3 aromatic rings. The molecule has 0 amide bonds. The highest BCUT2D eigenvalue weighted by Crippen LogP contribution is 2.27. The van der Waals surface area contributed by atoms with Crippen molar-refractivity contribution in [3.63, 3.8) is 0 Å². The summed E-state index contributed by atoms with van der Waals surface area (Å²) in [6.45, 7) is 3.26. The Kier molecular flexibility index (Phi) is 7.57. The molecule has 1 unspecified atom stereocenters. The third-order valence-corrected chi connectivity index (χ3v) is 6.15. The van der Waals surface area contributed by atoms with Crippen molar-refractivity contribution in [3.05, 3.63) is 70.7 Å². The molecule has 2 heterocycles. The molecule has 1 fully saturated rings. The number of nitrogens with zero attached hydrogens (tertiary/aromatic N) is 2. The first-order chi connectivity index (χ1) is 16.3. The van der Waals surface area contributed by atoms with Crippen LogP contribution in [-0.4, -0.2) is 52.3 Å². The average molecular weight is 492 g/mol. The third kappa shape index (κ3) is 5.27. The highest BCUT2D eigenvalue weighted by atomic mass is 32.2. The molecule has 4 rings (SSSR count). The number of carbonyl (C=O) groups excluding carboxylic acids is 1. The fraction of sp³-hybridized carbons (Fsp3) is 0.304. The minimum Gasteiger partial charge on any atom is -0.760 e. The Hall–Kier alpha value is -2.86. The van der Waals surface area contributed by atoms with Crippen LogP contribution < -0.4 is 14.9 Å². The molecule has 2 aromatic carbocycles. The van der Waals surface area contributed by atoms with Crippen LogP contribution in [0, 0.1) is 17.5 Å². The van der Waals surface area contributed by atoms with Crippen molar-refractivity contribution in [2.75, 3.05) is 37.6 Å². The molecule has 11 heteroatoms. The first-order valence-corrected chi connectivity index (χ1v) is 11.8. The average Bonchev–Trinajstić information content (AvgIpc) is 2.84. The van der Waals surface area contributed by atoms with Crippen molar-refractivity contribution in [1.29, 1.82) is 0 Å². The molecule has 1 aromatic heterocycles. The van der Waals surface area contributed by atoms with Crippen LogP contribution in [0.5, 0.6) is 0 Å². The smallest absolute Gasteiger partial charge is 0.199 e. The van der Waals surface area contributed by atoms with E-state index in [4.69, 9.17) is 0 Å². The van der Waals surface area contributed by atoms with E-state index >= 15 is 4.39 Å². The molecule has 2 N–H and O–H groups in total. The molecule has 0 saturated carbocycles. The quantitative estimate of drug-likeness (QED) is 0.218. The van der Waals surface area contributed by atoms with Gasteiger partial charge in [0.05, 0.1) is 23.0 Å². The standard InChI is InChI=1S/C23H23F3N4O3S/c24-18-12-14(2-1-5-29-34(32)33)21(25)20(22(18)26)23(31)15-3-4-19-16(10-15)11-17(13-28-19)30-8-6-27-7-9-30/h3-4,10-13,27,29H,1-2,5-9H2,(H,32,33)/p-1. The lowest BCUT2D eigenvalue weighted by Crippen LogP contribution is -2.43. The maximum atomic E-state index is 15.1. The van der Waals surface area contributed by atoms with Crippen LogP contribution in [0.1, 0.15) is 27.9 Å². The molecule has 0 bridgehead atoms. The normalized spacial score (nSPS) is 15.0. The molecule has 0 spiro atoms. The number of anilines is 1. The van der Waals surface area contributed by atoms with Crippen LogP contribution in [-0.2, 0) is 17.7 Å². The van der Waals surface area contributed by atoms with E-state index in [0.29, 0.717) is 17.0 Å². The van der Waals surface area contributed by atoms with Crippen LogP contribution in [0.4, 0.5) is 18.9 Å². The van der Waals surface area contributed by atoms with Crippen LogP contribution >= 0.6 is 0 Å². The monoisotopic (exact) mass is 491 g/mol. The van der Waals surface area contributed by atoms with Gasteiger partial charge in [-0.1, -0.05) is 0 Å². The van der Waals surface area contributed by atoms with Crippen molar-refractivity contribution >= 4 is 33.6 Å². The minimum absolute atomic E-state index is 0.00419. The van der Waals surface area contributed by atoms with Crippen LogP contribution in [0.25, 0.3) is 10.9 Å². The van der Waals surface area contributed by atoms with E-state index in [-0.39, 0.29) is 30.5 Å². The number of carbonyl (C=O) groups is 1. The van der Waals surface area contributed by atoms with E-state index in [1.54, 1.807) is 12.3 Å². The molecular weight excluding hydrogens is 469 g/mol. The molecule has 180 valence electrons. The van der Waals surface area contributed by atoms with Gasteiger partial charge in [0.1, 0.15) is 5.82 Å². The summed E-state index contributed by atoms with van der Waals surface area (Å²) in [5, 5.41) is 3.89. The SMILES string of the molecule is O=C(c1ccc2ncc(N3CCNCC3)cc2c1)c1c(F)c(F)cc(CCCNS(=O)[O-])c1F. The Balaban J connectivity index is 1.64. The summed E-state index contributed by atoms with van der Waals surface area (Å²) in [6, 6.07) is 7.03. The van der Waals surface area contributed by atoms with Crippen LogP contribution in [0.3, 0.4) is 0 Å². The predicted octanol–water partition coefficient (Wildman–Crippen LogP) is 2.61. The Morgan fingerprint density at radius 1 is 1.15 bits per heavy atom. The van der Waals surface area contributed by atoms with Gasteiger partial charge in [0.2, 0.25) is 0 Å². The second kappa shape index (κ2) is 10.6. The molecule has 1 atom stereocenters. The number of piperazine rings is 1. The number of hydrogen-bond acceptors (Lipinski definition) is 6. The Morgan fingerprint density at radius 3 is 2.65 bits per heavy atom. The number of ketones is 1. The Bertz CT molecular complexity index is 1250. The largest absolute Gasteiger partial charge is 0.760 e. The van der Waals surface area contributed by atoms with Crippen molar-refractivity contribution in [2.45, 2.75) is 12.8 Å². The molecule has 0 aliphatic carbocycles. The number of rotatable bonds is 8. The van der Waals surface area contributed by atoms with Gasteiger partial charge in [-0.3, -0.25) is 14.0 Å². The molecule has 1 saturated heterocycles. The number of nitrogens with one attached hydrogen (secondary N) is 2. The second-order valence-corrected chi connectivity index (χ2v) is 8.68. The fourth-order valence-corrected chi connectivity index (χ4v) is 4.28. The summed E-state index contributed by atoms with van der Waals surface area (Å²) < 4.78 is 67.0. The summed E-state index contributed by atoms with van der Waals surface area (Å²) in [6.07, 6.45) is 1.80. The molecule has 34 heavy (non-hydrogen) atoms. The zero-order chi connectivity index (χ0) is 24.2. The maximum absolute atomic E-state index is 15.1. The van der Waals surface area contributed by atoms with Crippen molar-refractivity contribution in [3.8, 4) is 0 Å².